The first-order valence-corrected chi connectivity index (χ1v) is 7.36. The third kappa shape index (κ3) is 2.61. The first-order chi connectivity index (χ1) is 9.36. The number of rotatable bonds is 1. The second-order valence-corrected chi connectivity index (χ2v) is 6.25. The Morgan fingerprint density at radius 1 is 1.20 bits per heavy atom. The van der Waals surface area contributed by atoms with Crippen LogP contribution < -0.4 is 0 Å². The molecule has 0 aromatic heterocycles. The van der Waals surface area contributed by atoms with Crippen molar-refractivity contribution in [2.24, 2.45) is 0 Å². The van der Waals surface area contributed by atoms with Crippen LogP contribution in [0.5, 0.6) is 0 Å². The highest BCUT2D eigenvalue weighted by molar-refractivity contribution is 5.86. The second-order valence-electron chi connectivity index (χ2n) is 6.25. The first kappa shape index (κ1) is 15.1. The smallest absolute Gasteiger partial charge is 0.329 e. The maximum Gasteiger partial charge on any atom is 0.329 e. The molecule has 2 amide bonds. The number of hydrogen-bond acceptors (Lipinski definition) is 3. The molecule has 20 heavy (non-hydrogen) atoms. The summed E-state index contributed by atoms with van der Waals surface area (Å²) in [5.74, 6) is -0.896. The van der Waals surface area contributed by atoms with Crippen LogP contribution in [-0.2, 0) is 4.79 Å². The molecule has 114 valence electrons. The quantitative estimate of drug-likeness (QED) is 0.782. The zero-order valence-electron chi connectivity index (χ0n) is 12.6. The van der Waals surface area contributed by atoms with Gasteiger partial charge in [-0.25, -0.2) is 9.59 Å². The number of likely N-dealkylation sites (N-methyl/N-ethyl adjacent to an activating group) is 1. The Hall–Kier alpha value is -1.30. The van der Waals surface area contributed by atoms with Gasteiger partial charge in [0.15, 0.2) is 0 Å². The molecule has 0 aromatic carbocycles. The third-order valence-corrected chi connectivity index (χ3v) is 4.81. The lowest BCUT2D eigenvalue weighted by Gasteiger charge is -2.46. The highest BCUT2D eigenvalue weighted by atomic mass is 16.4. The van der Waals surface area contributed by atoms with Gasteiger partial charge in [0.1, 0.15) is 5.54 Å². The lowest BCUT2D eigenvalue weighted by atomic mass is 9.88. The predicted molar refractivity (Wildman–Crippen MR) is 75.7 cm³/mol. The van der Waals surface area contributed by atoms with Crippen LogP contribution in [0, 0.1) is 0 Å². The van der Waals surface area contributed by atoms with E-state index < -0.39 is 11.5 Å². The van der Waals surface area contributed by atoms with Gasteiger partial charge in [0.05, 0.1) is 0 Å². The predicted octanol–water partition coefficient (Wildman–Crippen LogP) is 1.07. The van der Waals surface area contributed by atoms with Gasteiger partial charge in [-0.05, 0) is 40.2 Å². The van der Waals surface area contributed by atoms with Gasteiger partial charge >= 0.3 is 12.0 Å². The van der Waals surface area contributed by atoms with Crippen LogP contribution in [0.3, 0.4) is 0 Å². The van der Waals surface area contributed by atoms with E-state index in [-0.39, 0.29) is 6.03 Å². The van der Waals surface area contributed by atoms with Gasteiger partial charge in [0.25, 0.3) is 0 Å². The fraction of sp³-hybridized carbons (Fsp3) is 0.857. The number of carboxylic acids is 1. The van der Waals surface area contributed by atoms with E-state index in [1.807, 2.05) is 0 Å². The maximum absolute atomic E-state index is 12.7. The summed E-state index contributed by atoms with van der Waals surface area (Å²) >= 11 is 0. The Morgan fingerprint density at radius 3 is 2.50 bits per heavy atom. The van der Waals surface area contributed by atoms with Gasteiger partial charge in [-0.3, -0.25) is 0 Å². The topological polar surface area (TPSA) is 64.1 Å². The van der Waals surface area contributed by atoms with Gasteiger partial charge in [0, 0.05) is 32.2 Å². The number of carbonyl (C=O) groups excluding carboxylic acids is 1. The van der Waals surface area contributed by atoms with E-state index in [0.717, 1.165) is 19.4 Å². The lowest BCUT2D eigenvalue weighted by Crippen LogP contribution is -2.63. The average molecular weight is 283 g/mol. The molecule has 6 heteroatoms. The number of nitrogens with zero attached hydrogens (tertiary/aromatic N) is 3. The van der Waals surface area contributed by atoms with Gasteiger partial charge in [-0.1, -0.05) is 0 Å². The molecule has 2 unspecified atom stereocenters. The summed E-state index contributed by atoms with van der Waals surface area (Å²) in [6, 6.07) is 0.197. The van der Waals surface area contributed by atoms with Crippen molar-refractivity contribution < 1.29 is 14.7 Å². The van der Waals surface area contributed by atoms with Crippen LogP contribution in [0.15, 0.2) is 0 Å². The Morgan fingerprint density at radius 2 is 1.90 bits per heavy atom. The molecule has 0 bridgehead atoms. The Kier molecular flexibility index (Phi) is 4.22. The fourth-order valence-corrected chi connectivity index (χ4v) is 3.04. The molecule has 0 radical (unpaired) electrons. The van der Waals surface area contributed by atoms with E-state index in [9.17, 15) is 14.7 Å². The van der Waals surface area contributed by atoms with E-state index in [2.05, 4.69) is 18.9 Å². The molecule has 2 atom stereocenters. The molecule has 2 fully saturated rings. The Bertz CT molecular complexity index is 401. The molecule has 2 aliphatic rings. The van der Waals surface area contributed by atoms with Crippen molar-refractivity contribution in [3.63, 3.8) is 0 Å². The molecular formula is C14H25N3O3. The van der Waals surface area contributed by atoms with Crippen molar-refractivity contribution in [2.45, 2.75) is 44.7 Å². The fourth-order valence-electron chi connectivity index (χ4n) is 3.04. The van der Waals surface area contributed by atoms with Crippen molar-refractivity contribution in [1.29, 1.82) is 0 Å². The minimum Gasteiger partial charge on any atom is -0.480 e. The van der Waals surface area contributed by atoms with E-state index in [4.69, 9.17) is 0 Å². The molecule has 2 rings (SSSR count). The van der Waals surface area contributed by atoms with Crippen molar-refractivity contribution in [1.82, 2.24) is 14.7 Å². The lowest BCUT2D eigenvalue weighted by molar-refractivity contribution is -0.151. The van der Waals surface area contributed by atoms with E-state index in [0.29, 0.717) is 32.1 Å². The van der Waals surface area contributed by atoms with Gasteiger partial charge in [-0.15, -0.1) is 0 Å². The first-order valence-electron chi connectivity index (χ1n) is 7.36. The number of piperidine rings is 1. The summed E-state index contributed by atoms with van der Waals surface area (Å²) in [5, 5.41) is 9.49. The number of amides is 2. The zero-order chi connectivity index (χ0) is 14.9. The molecule has 0 aliphatic carbocycles. The van der Waals surface area contributed by atoms with Crippen molar-refractivity contribution >= 4 is 12.0 Å². The number of aliphatic carboxylic acids is 1. The maximum atomic E-state index is 12.7. The number of piperazine rings is 1. The molecule has 1 N–H and O–H groups in total. The van der Waals surface area contributed by atoms with Crippen LogP contribution in [0.2, 0.25) is 0 Å². The molecule has 2 saturated heterocycles. The van der Waals surface area contributed by atoms with Gasteiger partial charge in [0.2, 0.25) is 0 Å². The number of carboxylic acid groups (broad SMARTS) is 1. The number of urea groups is 1. The highest BCUT2D eigenvalue weighted by Gasteiger charge is 2.45. The molecule has 6 nitrogen and oxygen atoms in total. The molecule has 2 aliphatic heterocycles. The molecule has 0 aromatic rings. The largest absolute Gasteiger partial charge is 0.480 e. The molecular weight excluding hydrogens is 258 g/mol. The van der Waals surface area contributed by atoms with Crippen LogP contribution in [-0.4, -0.2) is 76.6 Å². The third-order valence-electron chi connectivity index (χ3n) is 4.81. The zero-order valence-corrected chi connectivity index (χ0v) is 12.6. The number of likely N-dealkylation sites (tertiary alicyclic amines) is 1. The van der Waals surface area contributed by atoms with Crippen molar-refractivity contribution in [3.8, 4) is 0 Å². The SMILES string of the molecule is CC1CN(C(=O)N2CCCCC2(C)C(=O)O)CCN1C. The standard InChI is InChI=1S/C14H25N3O3/c1-11-10-16(9-8-15(11)3)13(20)17-7-5-4-6-14(17,2)12(18)19/h11H,4-10H2,1-3H3,(H,18,19). The molecule has 0 saturated carbocycles. The Labute approximate surface area is 120 Å². The minimum atomic E-state index is -1.05. The molecule has 2 heterocycles. The van der Waals surface area contributed by atoms with Gasteiger partial charge in [-0.2, -0.15) is 0 Å². The monoisotopic (exact) mass is 283 g/mol. The summed E-state index contributed by atoms with van der Waals surface area (Å²) < 4.78 is 0. The van der Waals surface area contributed by atoms with Crippen LogP contribution >= 0.6 is 0 Å². The van der Waals surface area contributed by atoms with Crippen molar-refractivity contribution in [3.05, 3.63) is 0 Å². The van der Waals surface area contributed by atoms with E-state index >= 15 is 0 Å². The van der Waals surface area contributed by atoms with Crippen LogP contribution in [0.1, 0.15) is 33.1 Å². The Balaban J connectivity index is 2.12. The minimum absolute atomic E-state index is 0.116. The van der Waals surface area contributed by atoms with Crippen LogP contribution in [0.4, 0.5) is 4.79 Å². The summed E-state index contributed by atoms with van der Waals surface area (Å²) in [7, 11) is 2.05. The van der Waals surface area contributed by atoms with E-state index in [1.54, 1.807) is 16.7 Å². The summed E-state index contributed by atoms with van der Waals surface area (Å²) in [6.07, 6.45) is 2.29. The van der Waals surface area contributed by atoms with Crippen molar-refractivity contribution in [2.75, 3.05) is 33.2 Å². The van der Waals surface area contributed by atoms with E-state index in [1.165, 1.54) is 0 Å². The average Bonchev–Trinajstić information content (AvgIpc) is 2.41. The molecule has 0 spiro atoms. The summed E-state index contributed by atoms with van der Waals surface area (Å²) in [4.78, 5) is 29.9. The normalized spacial score (nSPS) is 32.2. The number of hydrogen-bond donors (Lipinski definition) is 1. The second kappa shape index (κ2) is 5.60. The summed E-state index contributed by atoms with van der Waals surface area (Å²) in [6.45, 7) is 6.48. The van der Waals surface area contributed by atoms with Crippen LogP contribution in [0.25, 0.3) is 0 Å². The highest BCUT2D eigenvalue weighted by Crippen LogP contribution is 2.29. The summed E-state index contributed by atoms with van der Waals surface area (Å²) in [5.41, 5.74) is -1.05. The van der Waals surface area contributed by atoms with Gasteiger partial charge < -0.3 is 19.8 Å². The number of carbonyl (C=O) groups is 2.